The summed E-state index contributed by atoms with van der Waals surface area (Å²) >= 11 is 3.33. The molecule has 0 unspecified atom stereocenters. The third-order valence-electron chi connectivity index (χ3n) is 3.20. The molecule has 0 saturated heterocycles. The molecule has 0 bridgehead atoms. The molecule has 1 aromatic heterocycles. The van der Waals surface area contributed by atoms with Crippen LogP contribution in [0.4, 0.5) is 0 Å². The Morgan fingerprint density at radius 1 is 1.69 bits per heavy atom. The van der Waals surface area contributed by atoms with Gasteiger partial charge in [0.15, 0.2) is 0 Å². The lowest BCUT2D eigenvalue weighted by Gasteiger charge is -2.40. The molecule has 0 aliphatic heterocycles. The van der Waals surface area contributed by atoms with Gasteiger partial charge in [0.05, 0.1) is 12.1 Å². The first-order valence-electron chi connectivity index (χ1n) is 5.32. The van der Waals surface area contributed by atoms with Crippen LogP contribution in [0.5, 0.6) is 0 Å². The molecule has 0 radical (unpaired) electrons. The first-order valence-corrected chi connectivity index (χ1v) is 6.11. The van der Waals surface area contributed by atoms with Gasteiger partial charge in [0.2, 0.25) is 0 Å². The molecule has 5 heteroatoms. The molecule has 16 heavy (non-hydrogen) atoms. The predicted octanol–water partition coefficient (Wildman–Crippen LogP) is 1.43. The largest absolute Gasteiger partial charge is 0.394 e. The second kappa shape index (κ2) is 4.22. The summed E-state index contributed by atoms with van der Waals surface area (Å²) in [4.78, 5) is 12.0. The Morgan fingerprint density at radius 2 is 2.38 bits per heavy atom. The number of carbonyl (C=O) groups excluding carboxylic acids is 1. The van der Waals surface area contributed by atoms with Crippen molar-refractivity contribution < 1.29 is 9.90 Å². The summed E-state index contributed by atoms with van der Waals surface area (Å²) in [6, 6.07) is 1.78. The van der Waals surface area contributed by atoms with Crippen LogP contribution in [0.3, 0.4) is 0 Å². The summed E-state index contributed by atoms with van der Waals surface area (Å²) in [5, 5.41) is 12.2. The van der Waals surface area contributed by atoms with Gasteiger partial charge in [0, 0.05) is 17.7 Å². The Morgan fingerprint density at radius 3 is 2.75 bits per heavy atom. The van der Waals surface area contributed by atoms with Crippen molar-refractivity contribution >= 4 is 21.8 Å². The van der Waals surface area contributed by atoms with Gasteiger partial charge in [-0.25, -0.2) is 0 Å². The van der Waals surface area contributed by atoms with Gasteiger partial charge in [-0.15, -0.1) is 0 Å². The summed E-state index contributed by atoms with van der Waals surface area (Å²) in [5.74, 6) is -0.123. The summed E-state index contributed by atoms with van der Waals surface area (Å²) in [5.41, 5.74) is 0.222. The number of nitrogens with zero attached hydrogens (tertiary/aromatic N) is 1. The fourth-order valence-electron chi connectivity index (χ4n) is 1.98. The van der Waals surface area contributed by atoms with Crippen LogP contribution in [-0.2, 0) is 7.05 Å². The molecule has 0 aromatic carbocycles. The monoisotopic (exact) mass is 286 g/mol. The number of halogens is 1. The van der Waals surface area contributed by atoms with Crippen LogP contribution in [-0.4, -0.2) is 27.7 Å². The molecule has 2 rings (SSSR count). The molecule has 1 aromatic rings. The number of aliphatic hydroxyl groups excluding tert-OH is 1. The van der Waals surface area contributed by atoms with Crippen molar-refractivity contribution in [2.45, 2.75) is 24.8 Å². The van der Waals surface area contributed by atoms with Gasteiger partial charge < -0.3 is 15.0 Å². The minimum atomic E-state index is -0.381. The molecule has 1 amide bonds. The molecule has 1 saturated carbocycles. The highest BCUT2D eigenvalue weighted by molar-refractivity contribution is 9.10. The van der Waals surface area contributed by atoms with Crippen LogP contribution in [0.15, 0.2) is 16.7 Å². The van der Waals surface area contributed by atoms with Gasteiger partial charge in [-0.1, -0.05) is 0 Å². The van der Waals surface area contributed by atoms with Crippen molar-refractivity contribution in [3.05, 3.63) is 22.4 Å². The topological polar surface area (TPSA) is 54.3 Å². The molecule has 1 fully saturated rings. The van der Waals surface area contributed by atoms with Crippen LogP contribution < -0.4 is 5.32 Å². The van der Waals surface area contributed by atoms with E-state index in [4.69, 9.17) is 0 Å². The maximum absolute atomic E-state index is 12.0. The van der Waals surface area contributed by atoms with E-state index in [1.165, 1.54) is 0 Å². The van der Waals surface area contributed by atoms with Crippen LogP contribution in [0.1, 0.15) is 29.8 Å². The average molecular weight is 287 g/mol. The standard InChI is InChI=1S/C11H15BrN2O2/c1-14-6-8(12)5-9(14)10(16)13-11(7-15)3-2-4-11/h5-6,15H,2-4,7H2,1H3,(H,13,16). The molecule has 0 atom stereocenters. The zero-order chi connectivity index (χ0) is 11.8. The number of aromatic nitrogens is 1. The van der Waals surface area contributed by atoms with Crippen LogP contribution in [0, 0.1) is 0 Å². The van der Waals surface area contributed by atoms with E-state index in [0.29, 0.717) is 5.69 Å². The quantitative estimate of drug-likeness (QED) is 0.883. The fraction of sp³-hybridized carbons (Fsp3) is 0.545. The van der Waals surface area contributed by atoms with Gasteiger partial charge in [-0.3, -0.25) is 4.79 Å². The first kappa shape index (κ1) is 11.7. The normalized spacial score (nSPS) is 17.9. The highest BCUT2D eigenvalue weighted by atomic mass is 79.9. The highest BCUT2D eigenvalue weighted by Gasteiger charge is 2.38. The van der Waals surface area contributed by atoms with Gasteiger partial charge in [0.25, 0.3) is 5.91 Å². The minimum Gasteiger partial charge on any atom is -0.394 e. The lowest BCUT2D eigenvalue weighted by molar-refractivity contribution is 0.0635. The van der Waals surface area contributed by atoms with E-state index in [1.807, 2.05) is 13.2 Å². The molecule has 1 aliphatic carbocycles. The number of aryl methyl sites for hydroxylation is 1. The van der Waals surface area contributed by atoms with Crippen LogP contribution in [0.2, 0.25) is 0 Å². The molecule has 2 N–H and O–H groups in total. The number of hydrogen-bond donors (Lipinski definition) is 2. The molecule has 0 spiro atoms. The zero-order valence-electron chi connectivity index (χ0n) is 9.16. The Balaban J connectivity index is 2.11. The average Bonchev–Trinajstić information content (AvgIpc) is 2.51. The molecule has 1 heterocycles. The van der Waals surface area contributed by atoms with Crippen LogP contribution >= 0.6 is 15.9 Å². The summed E-state index contributed by atoms with van der Waals surface area (Å²) in [6.07, 6.45) is 4.63. The number of aliphatic hydroxyl groups is 1. The fourth-order valence-corrected chi connectivity index (χ4v) is 2.50. The number of carbonyl (C=O) groups is 1. The Hall–Kier alpha value is -0.810. The summed E-state index contributed by atoms with van der Waals surface area (Å²) < 4.78 is 2.65. The summed E-state index contributed by atoms with van der Waals surface area (Å²) in [7, 11) is 1.83. The molecule has 1 aliphatic rings. The van der Waals surface area contributed by atoms with Crippen molar-refractivity contribution in [3.8, 4) is 0 Å². The number of amides is 1. The van der Waals surface area contributed by atoms with Crippen molar-refractivity contribution in [2.75, 3.05) is 6.61 Å². The number of hydrogen-bond acceptors (Lipinski definition) is 2. The highest BCUT2D eigenvalue weighted by Crippen LogP contribution is 2.31. The van der Waals surface area contributed by atoms with Crippen molar-refractivity contribution in [1.82, 2.24) is 9.88 Å². The lowest BCUT2D eigenvalue weighted by Crippen LogP contribution is -2.56. The van der Waals surface area contributed by atoms with E-state index in [1.54, 1.807) is 10.6 Å². The van der Waals surface area contributed by atoms with Crippen molar-refractivity contribution in [1.29, 1.82) is 0 Å². The SMILES string of the molecule is Cn1cc(Br)cc1C(=O)NC1(CO)CCC1. The lowest BCUT2D eigenvalue weighted by atomic mass is 9.77. The molecular formula is C11H15BrN2O2. The van der Waals surface area contributed by atoms with Gasteiger partial charge >= 0.3 is 0 Å². The molecule has 4 nitrogen and oxygen atoms in total. The van der Waals surface area contributed by atoms with E-state index < -0.39 is 0 Å². The van der Waals surface area contributed by atoms with E-state index in [2.05, 4.69) is 21.2 Å². The van der Waals surface area contributed by atoms with Gasteiger partial charge in [-0.05, 0) is 41.3 Å². The van der Waals surface area contributed by atoms with Gasteiger partial charge in [-0.2, -0.15) is 0 Å². The van der Waals surface area contributed by atoms with Crippen molar-refractivity contribution in [3.63, 3.8) is 0 Å². The second-order valence-corrected chi connectivity index (χ2v) is 5.32. The molecular weight excluding hydrogens is 272 g/mol. The van der Waals surface area contributed by atoms with E-state index in [0.717, 1.165) is 23.7 Å². The Kier molecular flexibility index (Phi) is 3.08. The maximum Gasteiger partial charge on any atom is 0.268 e. The predicted molar refractivity (Wildman–Crippen MR) is 64.2 cm³/mol. The number of rotatable bonds is 3. The third kappa shape index (κ3) is 2.01. The maximum atomic E-state index is 12.0. The summed E-state index contributed by atoms with van der Waals surface area (Å²) in [6.45, 7) is 0.0182. The Bertz CT molecular complexity index is 405. The van der Waals surface area contributed by atoms with E-state index in [9.17, 15) is 9.90 Å². The minimum absolute atomic E-state index is 0.0182. The van der Waals surface area contributed by atoms with Crippen molar-refractivity contribution in [2.24, 2.45) is 7.05 Å². The molecule has 88 valence electrons. The van der Waals surface area contributed by atoms with Gasteiger partial charge in [0.1, 0.15) is 5.69 Å². The Labute approximate surface area is 103 Å². The van der Waals surface area contributed by atoms with E-state index in [-0.39, 0.29) is 18.1 Å². The smallest absolute Gasteiger partial charge is 0.268 e. The third-order valence-corrected chi connectivity index (χ3v) is 3.63. The van der Waals surface area contributed by atoms with Crippen LogP contribution in [0.25, 0.3) is 0 Å². The number of nitrogens with one attached hydrogen (secondary N) is 1. The first-order chi connectivity index (χ1) is 7.56. The second-order valence-electron chi connectivity index (χ2n) is 4.40. The zero-order valence-corrected chi connectivity index (χ0v) is 10.7. The van der Waals surface area contributed by atoms with E-state index >= 15 is 0 Å².